The van der Waals surface area contributed by atoms with Crippen LogP contribution < -0.4 is 9.80 Å². The fraction of sp³-hybridized carbons (Fsp3) is 0.125. The van der Waals surface area contributed by atoms with Crippen LogP contribution in [0.1, 0.15) is 61.8 Å². The van der Waals surface area contributed by atoms with Gasteiger partial charge < -0.3 is 14.2 Å². The summed E-state index contributed by atoms with van der Waals surface area (Å²) in [4.78, 5) is 4.78. The van der Waals surface area contributed by atoms with Gasteiger partial charge >= 0.3 is 0 Å². The first-order valence-corrected chi connectivity index (χ1v) is 23.6. The van der Waals surface area contributed by atoms with Crippen LogP contribution in [0.15, 0.2) is 211 Å². The fourth-order valence-electron chi connectivity index (χ4n) is 9.82. The van der Waals surface area contributed by atoms with Gasteiger partial charge in [0, 0.05) is 44.9 Å². The normalized spacial score (nSPS) is 11.7. The first-order valence-electron chi connectivity index (χ1n) is 23.6. The van der Waals surface area contributed by atoms with Gasteiger partial charge in [0.25, 0.3) is 0 Å². The lowest BCUT2D eigenvalue weighted by Crippen LogP contribution is -2.11. The molecule has 11 rings (SSSR count). The molecule has 11 aromatic rings. The predicted octanol–water partition coefficient (Wildman–Crippen LogP) is 19.0. The molecule has 1 aromatic heterocycles. The van der Waals surface area contributed by atoms with Crippen molar-refractivity contribution in [2.45, 2.75) is 53.4 Å². The number of furan rings is 1. The Balaban J connectivity index is 0.992. The Hall–Kier alpha value is -7.88. The molecule has 0 fully saturated rings. The highest BCUT2D eigenvalue weighted by Gasteiger charge is 2.20. The minimum absolute atomic E-state index is 0.455. The SMILES string of the molecule is Cc1cc(-c2ccccc2)ccc1N(c1ccc(C(C)C)cc1)c1ccc2cc3c(cc2c1)oc1cc2cc(N(c4ccc(C(C)C)cc4)c4ccc(-c5ccccc5)cc4C)ccc2cc13. The summed E-state index contributed by atoms with van der Waals surface area (Å²) in [7, 11) is 0. The molecule has 0 saturated carbocycles. The number of nitrogens with zero attached hydrogens (tertiary/aromatic N) is 2. The highest BCUT2D eigenvalue weighted by molar-refractivity contribution is 6.14. The molecule has 67 heavy (non-hydrogen) atoms. The smallest absolute Gasteiger partial charge is 0.136 e. The highest BCUT2D eigenvalue weighted by Crippen LogP contribution is 2.44. The monoisotopic (exact) mass is 866 g/mol. The zero-order valence-corrected chi connectivity index (χ0v) is 39.1. The predicted molar refractivity (Wildman–Crippen MR) is 287 cm³/mol. The lowest BCUT2D eigenvalue weighted by molar-refractivity contribution is 0.670. The minimum atomic E-state index is 0.455. The summed E-state index contributed by atoms with van der Waals surface area (Å²) in [6, 6.07) is 75.6. The molecule has 0 aliphatic heterocycles. The second-order valence-electron chi connectivity index (χ2n) is 18.8. The molecule has 0 amide bonds. The second kappa shape index (κ2) is 17.2. The molecule has 0 bridgehead atoms. The Morgan fingerprint density at radius 1 is 0.328 bits per heavy atom. The van der Waals surface area contributed by atoms with Crippen molar-refractivity contribution in [3.8, 4) is 22.3 Å². The Morgan fingerprint density at radius 2 is 0.716 bits per heavy atom. The third-order valence-electron chi connectivity index (χ3n) is 13.6. The van der Waals surface area contributed by atoms with Crippen molar-refractivity contribution in [3.05, 3.63) is 229 Å². The number of benzene rings is 10. The molecule has 0 unspecified atom stereocenters. The number of fused-ring (bicyclic) bond motifs is 5. The van der Waals surface area contributed by atoms with Gasteiger partial charge in [-0.2, -0.15) is 0 Å². The molecule has 0 aliphatic carbocycles. The zero-order chi connectivity index (χ0) is 45.8. The largest absolute Gasteiger partial charge is 0.456 e. The summed E-state index contributed by atoms with van der Waals surface area (Å²) in [5.74, 6) is 0.909. The lowest BCUT2D eigenvalue weighted by Gasteiger charge is -2.28. The van der Waals surface area contributed by atoms with Crippen LogP contribution in [-0.4, -0.2) is 0 Å². The van der Waals surface area contributed by atoms with Gasteiger partial charge in [-0.05, 0) is 189 Å². The van der Waals surface area contributed by atoms with Crippen molar-refractivity contribution in [2.75, 3.05) is 9.80 Å². The van der Waals surface area contributed by atoms with Crippen molar-refractivity contribution in [3.63, 3.8) is 0 Å². The number of aryl methyl sites for hydroxylation is 2. The highest BCUT2D eigenvalue weighted by atomic mass is 16.3. The Bertz CT molecular complexity index is 3350. The number of anilines is 6. The summed E-state index contributed by atoms with van der Waals surface area (Å²) in [5.41, 5.74) is 18.4. The van der Waals surface area contributed by atoms with E-state index in [0.717, 1.165) is 66.8 Å². The van der Waals surface area contributed by atoms with Crippen molar-refractivity contribution >= 4 is 77.6 Å². The van der Waals surface area contributed by atoms with E-state index < -0.39 is 0 Å². The van der Waals surface area contributed by atoms with Crippen LogP contribution in [-0.2, 0) is 0 Å². The number of hydrogen-bond donors (Lipinski definition) is 0. The lowest BCUT2D eigenvalue weighted by atomic mass is 9.99. The van der Waals surface area contributed by atoms with Crippen molar-refractivity contribution in [1.29, 1.82) is 0 Å². The molecular formula is C64H54N2O. The quantitative estimate of drug-likeness (QED) is 0.137. The minimum Gasteiger partial charge on any atom is -0.456 e. The van der Waals surface area contributed by atoms with Crippen LogP contribution in [0.2, 0.25) is 0 Å². The van der Waals surface area contributed by atoms with E-state index in [4.69, 9.17) is 4.42 Å². The van der Waals surface area contributed by atoms with E-state index in [-0.39, 0.29) is 0 Å². The molecule has 3 heteroatoms. The van der Waals surface area contributed by atoms with Crippen LogP contribution in [0.4, 0.5) is 34.1 Å². The van der Waals surface area contributed by atoms with Crippen LogP contribution in [0.5, 0.6) is 0 Å². The van der Waals surface area contributed by atoms with Gasteiger partial charge in [0.05, 0.1) is 0 Å². The van der Waals surface area contributed by atoms with E-state index in [0.29, 0.717) is 11.8 Å². The molecule has 10 aromatic carbocycles. The van der Waals surface area contributed by atoms with Crippen LogP contribution >= 0.6 is 0 Å². The topological polar surface area (TPSA) is 19.6 Å². The molecule has 3 nitrogen and oxygen atoms in total. The van der Waals surface area contributed by atoms with Crippen molar-refractivity contribution in [2.24, 2.45) is 0 Å². The molecule has 0 aliphatic rings. The summed E-state index contributed by atoms with van der Waals surface area (Å²) in [6.07, 6.45) is 0. The van der Waals surface area contributed by atoms with E-state index in [1.54, 1.807) is 0 Å². The fourth-order valence-corrected chi connectivity index (χ4v) is 9.82. The number of hydrogen-bond acceptors (Lipinski definition) is 3. The van der Waals surface area contributed by atoms with E-state index in [1.807, 2.05) is 0 Å². The zero-order valence-electron chi connectivity index (χ0n) is 39.1. The first-order chi connectivity index (χ1) is 32.6. The standard InChI is InChI=1S/C64H54N2O/c1-41(2)45-17-25-55(26-18-45)65(61-31-23-49(33-43(61)5)47-13-9-7-10-14-47)57-29-21-51-37-59-60-38-52-22-30-58(36-54(52)40-64(60)67-63(59)39-53(51)35-57)66(56-27-19-46(20-28-56)42(3)4)62-32-24-50(34-44(62)6)48-15-11-8-12-16-48/h7-42H,1-6H3. The van der Waals surface area contributed by atoms with E-state index in [1.165, 1.54) is 55.3 Å². The van der Waals surface area contributed by atoms with E-state index >= 15 is 0 Å². The van der Waals surface area contributed by atoms with Gasteiger partial charge in [-0.3, -0.25) is 0 Å². The molecule has 0 saturated heterocycles. The Labute approximate surface area is 394 Å². The van der Waals surface area contributed by atoms with Gasteiger partial charge in [0.15, 0.2) is 0 Å². The molecule has 0 spiro atoms. The van der Waals surface area contributed by atoms with Crippen molar-refractivity contribution < 1.29 is 4.42 Å². The average Bonchev–Trinajstić information content (AvgIpc) is 3.70. The molecule has 1 heterocycles. The van der Waals surface area contributed by atoms with E-state index in [9.17, 15) is 0 Å². The second-order valence-corrected chi connectivity index (χ2v) is 18.8. The maximum Gasteiger partial charge on any atom is 0.136 e. The maximum atomic E-state index is 6.80. The van der Waals surface area contributed by atoms with Crippen LogP contribution in [0, 0.1) is 13.8 Å². The Morgan fingerprint density at radius 3 is 1.09 bits per heavy atom. The maximum absolute atomic E-state index is 6.80. The van der Waals surface area contributed by atoms with Crippen molar-refractivity contribution in [1.82, 2.24) is 0 Å². The van der Waals surface area contributed by atoms with Gasteiger partial charge in [0.1, 0.15) is 11.2 Å². The molecule has 0 atom stereocenters. The third kappa shape index (κ3) is 7.91. The van der Waals surface area contributed by atoms with Crippen LogP contribution in [0.3, 0.4) is 0 Å². The summed E-state index contributed by atoms with van der Waals surface area (Å²) in [6.45, 7) is 13.4. The Kier molecular flexibility index (Phi) is 10.7. The molecule has 0 N–H and O–H groups in total. The molecule has 0 radical (unpaired) electrons. The van der Waals surface area contributed by atoms with Gasteiger partial charge in [0.2, 0.25) is 0 Å². The van der Waals surface area contributed by atoms with E-state index in [2.05, 4.69) is 258 Å². The summed E-state index contributed by atoms with van der Waals surface area (Å²) in [5, 5.41) is 6.85. The third-order valence-corrected chi connectivity index (χ3v) is 13.6. The summed E-state index contributed by atoms with van der Waals surface area (Å²) >= 11 is 0. The molecular weight excluding hydrogens is 813 g/mol. The number of rotatable bonds is 10. The average molecular weight is 867 g/mol. The van der Waals surface area contributed by atoms with Gasteiger partial charge in [-0.15, -0.1) is 0 Å². The van der Waals surface area contributed by atoms with Crippen LogP contribution in [0.25, 0.3) is 65.7 Å². The molecule has 326 valence electrons. The first kappa shape index (κ1) is 41.8. The van der Waals surface area contributed by atoms with Gasteiger partial charge in [-0.25, -0.2) is 0 Å². The van der Waals surface area contributed by atoms with Gasteiger partial charge in [-0.1, -0.05) is 137 Å². The summed E-state index contributed by atoms with van der Waals surface area (Å²) < 4.78 is 6.80.